The lowest BCUT2D eigenvalue weighted by atomic mass is 9.86. The van der Waals surface area contributed by atoms with Gasteiger partial charge in [-0.05, 0) is 54.4 Å². The molecule has 6 nitrogen and oxygen atoms in total. The van der Waals surface area contributed by atoms with Gasteiger partial charge in [-0.15, -0.1) is 0 Å². The molecule has 1 heterocycles. The molecule has 1 saturated heterocycles. The summed E-state index contributed by atoms with van der Waals surface area (Å²) in [4.78, 5) is 26.2. The van der Waals surface area contributed by atoms with Gasteiger partial charge in [0.2, 0.25) is 15.9 Å². The lowest BCUT2D eigenvalue weighted by Gasteiger charge is -2.31. The molecule has 1 N–H and O–H groups in total. The van der Waals surface area contributed by atoms with Crippen LogP contribution in [0.2, 0.25) is 0 Å². The van der Waals surface area contributed by atoms with Crippen molar-refractivity contribution in [3.05, 3.63) is 101 Å². The third kappa shape index (κ3) is 7.64. The molecule has 206 valence electrons. The number of nitrogens with zero attached hydrogens (tertiary/aromatic N) is 1. The number of hydrogen-bond acceptors (Lipinski definition) is 4. The molecule has 1 amide bonds. The molecule has 0 aliphatic carbocycles. The summed E-state index contributed by atoms with van der Waals surface area (Å²) in [6.07, 6.45) is 2.51. The summed E-state index contributed by atoms with van der Waals surface area (Å²) in [6.45, 7) is 7.00. The Labute approximate surface area is 232 Å². The van der Waals surface area contributed by atoms with Gasteiger partial charge in [-0.1, -0.05) is 87.5 Å². The van der Waals surface area contributed by atoms with Crippen molar-refractivity contribution in [3.8, 4) is 0 Å². The molecule has 1 aliphatic rings. The Hall–Kier alpha value is -3.29. The van der Waals surface area contributed by atoms with Crippen molar-refractivity contribution in [2.75, 3.05) is 24.2 Å². The van der Waals surface area contributed by atoms with Gasteiger partial charge in [0.25, 0.3) is 0 Å². The Morgan fingerprint density at radius 3 is 2.33 bits per heavy atom. The van der Waals surface area contributed by atoms with Gasteiger partial charge in [0.15, 0.2) is 5.78 Å². The van der Waals surface area contributed by atoms with Gasteiger partial charge in [0, 0.05) is 29.9 Å². The van der Waals surface area contributed by atoms with Crippen LogP contribution in [0.5, 0.6) is 0 Å². The number of rotatable bonds is 9. The lowest BCUT2D eigenvalue weighted by Crippen LogP contribution is -2.44. The molecule has 0 unspecified atom stereocenters. The van der Waals surface area contributed by atoms with Crippen molar-refractivity contribution in [3.63, 3.8) is 0 Å². The Morgan fingerprint density at radius 1 is 0.923 bits per heavy atom. The summed E-state index contributed by atoms with van der Waals surface area (Å²) >= 11 is 0. The highest BCUT2D eigenvalue weighted by molar-refractivity contribution is 7.89. The number of carbonyl (C=O) groups is 2. The fourth-order valence-electron chi connectivity index (χ4n) is 4.91. The van der Waals surface area contributed by atoms with Crippen molar-refractivity contribution in [1.82, 2.24) is 4.31 Å². The Kier molecular flexibility index (Phi) is 9.03. The average Bonchev–Trinajstić information content (AvgIpc) is 2.93. The second kappa shape index (κ2) is 12.3. The second-order valence-corrected chi connectivity index (χ2v) is 13.4. The standard InChI is InChI=1S/C32H38N2O4S/c1-32(2,3)28-18-16-25(17-19-28)30(35)26-13-7-15-29(22-26)33-31(36)27-14-8-20-34(23-27)39(37,38)21-9-12-24-10-5-4-6-11-24/h4-7,10-11,13,15-19,22,27H,8-9,12,14,20-21,23H2,1-3H3,(H,33,36)/t27-/m0/s1. The molecular formula is C32H38N2O4S. The zero-order chi connectivity index (χ0) is 28.0. The van der Waals surface area contributed by atoms with Crippen molar-refractivity contribution >= 4 is 27.4 Å². The van der Waals surface area contributed by atoms with E-state index < -0.39 is 15.9 Å². The van der Waals surface area contributed by atoms with E-state index in [1.165, 1.54) is 4.31 Å². The number of amides is 1. The number of aryl methyl sites for hydroxylation is 1. The van der Waals surface area contributed by atoms with E-state index in [2.05, 4.69) is 26.1 Å². The molecule has 3 aromatic rings. The largest absolute Gasteiger partial charge is 0.326 e. The quantitative estimate of drug-likeness (QED) is 0.343. The Balaban J connectivity index is 1.35. The van der Waals surface area contributed by atoms with Crippen LogP contribution in [0.1, 0.15) is 67.1 Å². The van der Waals surface area contributed by atoms with Crippen molar-refractivity contribution in [2.45, 2.75) is 51.9 Å². The summed E-state index contributed by atoms with van der Waals surface area (Å²) in [6, 6.07) is 24.4. The van der Waals surface area contributed by atoms with Crippen LogP contribution in [0.4, 0.5) is 5.69 Å². The van der Waals surface area contributed by atoms with E-state index in [1.54, 1.807) is 24.3 Å². The minimum Gasteiger partial charge on any atom is -0.326 e. The zero-order valence-electron chi connectivity index (χ0n) is 23.0. The first kappa shape index (κ1) is 28.7. The number of nitrogens with one attached hydrogen (secondary N) is 1. The summed E-state index contributed by atoms with van der Waals surface area (Å²) in [7, 11) is -3.45. The number of piperidine rings is 1. The second-order valence-electron chi connectivity index (χ2n) is 11.3. The molecule has 7 heteroatoms. The molecule has 0 saturated carbocycles. The number of hydrogen-bond donors (Lipinski definition) is 1. The highest BCUT2D eigenvalue weighted by atomic mass is 32.2. The third-order valence-corrected chi connectivity index (χ3v) is 9.19. The minimum atomic E-state index is -3.45. The van der Waals surface area contributed by atoms with Crippen LogP contribution in [0.25, 0.3) is 0 Å². The van der Waals surface area contributed by atoms with Gasteiger partial charge in [-0.25, -0.2) is 12.7 Å². The smallest absolute Gasteiger partial charge is 0.228 e. The van der Waals surface area contributed by atoms with Gasteiger partial charge in [-0.2, -0.15) is 0 Å². The molecule has 1 aliphatic heterocycles. The SMILES string of the molecule is CC(C)(C)c1ccc(C(=O)c2cccc(NC(=O)[C@H]3CCCN(S(=O)(=O)CCCc4ccccc4)C3)c2)cc1. The molecular weight excluding hydrogens is 508 g/mol. The molecule has 0 aromatic heterocycles. The highest BCUT2D eigenvalue weighted by Gasteiger charge is 2.32. The van der Waals surface area contributed by atoms with E-state index in [0.29, 0.717) is 49.0 Å². The Bertz CT molecular complexity index is 1390. The molecule has 3 aromatic carbocycles. The average molecular weight is 547 g/mol. The first-order valence-electron chi connectivity index (χ1n) is 13.6. The third-order valence-electron chi connectivity index (χ3n) is 7.26. The first-order chi connectivity index (χ1) is 18.5. The molecule has 0 bridgehead atoms. The van der Waals surface area contributed by atoms with E-state index in [0.717, 1.165) is 11.1 Å². The van der Waals surface area contributed by atoms with Crippen molar-refractivity contribution < 1.29 is 18.0 Å². The minimum absolute atomic E-state index is 0.00195. The van der Waals surface area contributed by atoms with Crippen LogP contribution >= 0.6 is 0 Å². The van der Waals surface area contributed by atoms with E-state index in [9.17, 15) is 18.0 Å². The normalized spacial score (nSPS) is 16.5. The highest BCUT2D eigenvalue weighted by Crippen LogP contribution is 2.25. The summed E-state index contributed by atoms with van der Waals surface area (Å²) in [5.41, 5.74) is 3.88. The van der Waals surface area contributed by atoms with E-state index in [-0.39, 0.29) is 29.4 Å². The van der Waals surface area contributed by atoms with Crippen LogP contribution in [0, 0.1) is 5.92 Å². The van der Waals surface area contributed by atoms with E-state index in [4.69, 9.17) is 0 Å². The van der Waals surface area contributed by atoms with Crippen molar-refractivity contribution in [1.29, 1.82) is 0 Å². The van der Waals surface area contributed by atoms with Gasteiger partial charge < -0.3 is 5.32 Å². The zero-order valence-corrected chi connectivity index (χ0v) is 23.8. The topological polar surface area (TPSA) is 83.6 Å². The molecule has 1 fully saturated rings. The monoisotopic (exact) mass is 546 g/mol. The lowest BCUT2D eigenvalue weighted by molar-refractivity contribution is -0.120. The van der Waals surface area contributed by atoms with Crippen LogP contribution in [-0.2, 0) is 26.7 Å². The first-order valence-corrected chi connectivity index (χ1v) is 15.2. The number of benzene rings is 3. The molecule has 0 spiro atoms. The maximum atomic E-state index is 13.1. The summed E-state index contributed by atoms with van der Waals surface area (Å²) in [5, 5.41) is 2.91. The van der Waals surface area contributed by atoms with E-state index >= 15 is 0 Å². The van der Waals surface area contributed by atoms with Crippen LogP contribution < -0.4 is 5.32 Å². The Morgan fingerprint density at radius 2 is 1.64 bits per heavy atom. The van der Waals surface area contributed by atoms with E-state index in [1.807, 2.05) is 54.6 Å². The van der Waals surface area contributed by atoms with Crippen LogP contribution in [0.3, 0.4) is 0 Å². The van der Waals surface area contributed by atoms with Crippen LogP contribution in [-0.4, -0.2) is 43.3 Å². The number of ketones is 1. The fourth-order valence-corrected chi connectivity index (χ4v) is 6.49. The number of sulfonamides is 1. The predicted molar refractivity (Wildman–Crippen MR) is 156 cm³/mol. The van der Waals surface area contributed by atoms with Gasteiger partial charge in [0.05, 0.1) is 11.7 Å². The predicted octanol–water partition coefficient (Wildman–Crippen LogP) is 5.83. The fraction of sp³-hybridized carbons (Fsp3) is 0.375. The molecule has 1 atom stereocenters. The van der Waals surface area contributed by atoms with Crippen molar-refractivity contribution in [2.24, 2.45) is 5.92 Å². The van der Waals surface area contributed by atoms with Crippen LogP contribution in [0.15, 0.2) is 78.9 Å². The number of carbonyl (C=O) groups excluding carboxylic acids is 2. The van der Waals surface area contributed by atoms with Gasteiger partial charge >= 0.3 is 0 Å². The summed E-state index contributed by atoms with van der Waals surface area (Å²) in [5.74, 6) is -0.709. The van der Waals surface area contributed by atoms with Gasteiger partial charge in [0.1, 0.15) is 0 Å². The maximum Gasteiger partial charge on any atom is 0.228 e. The molecule has 39 heavy (non-hydrogen) atoms. The number of anilines is 1. The summed E-state index contributed by atoms with van der Waals surface area (Å²) < 4.78 is 27.4. The van der Waals surface area contributed by atoms with Gasteiger partial charge in [-0.3, -0.25) is 9.59 Å². The molecule has 4 rings (SSSR count). The maximum absolute atomic E-state index is 13.1. The molecule has 0 radical (unpaired) electrons.